The standard InChI is InChI=1S/C11H15BrN2O/c1-3-4-5-11(15)14-9-6-7-10(12)13-8(9)2/h6-7H,3-5H2,1-2H3,(H,14,15). The second-order valence-corrected chi connectivity index (χ2v) is 4.23. The number of pyridine rings is 1. The predicted molar refractivity (Wildman–Crippen MR) is 64.8 cm³/mol. The number of anilines is 1. The van der Waals surface area contributed by atoms with Crippen LogP contribution < -0.4 is 5.32 Å². The number of aryl methyl sites for hydroxylation is 1. The van der Waals surface area contributed by atoms with Gasteiger partial charge in [0.1, 0.15) is 4.60 Å². The highest BCUT2D eigenvalue weighted by Crippen LogP contribution is 2.16. The van der Waals surface area contributed by atoms with Crippen LogP contribution in [0, 0.1) is 6.92 Å². The molecule has 0 bridgehead atoms. The van der Waals surface area contributed by atoms with Crippen LogP contribution in [0.5, 0.6) is 0 Å². The van der Waals surface area contributed by atoms with Crippen LogP contribution >= 0.6 is 15.9 Å². The van der Waals surface area contributed by atoms with Crippen molar-refractivity contribution in [1.82, 2.24) is 4.98 Å². The second-order valence-electron chi connectivity index (χ2n) is 3.42. The average Bonchev–Trinajstić information content (AvgIpc) is 2.19. The molecule has 0 spiro atoms. The maximum absolute atomic E-state index is 11.5. The molecule has 15 heavy (non-hydrogen) atoms. The first-order valence-electron chi connectivity index (χ1n) is 5.06. The topological polar surface area (TPSA) is 42.0 Å². The van der Waals surface area contributed by atoms with Gasteiger partial charge in [0, 0.05) is 6.42 Å². The summed E-state index contributed by atoms with van der Waals surface area (Å²) in [5, 5.41) is 2.85. The number of hydrogen-bond acceptors (Lipinski definition) is 2. The smallest absolute Gasteiger partial charge is 0.224 e. The zero-order valence-electron chi connectivity index (χ0n) is 9.01. The zero-order chi connectivity index (χ0) is 11.3. The van der Waals surface area contributed by atoms with Crippen LogP contribution in [0.2, 0.25) is 0 Å². The van der Waals surface area contributed by atoms with E-state index in [-0.39, 0.29) is 5.91 Å². The lowest BCUT2D eigenvalue weighted by molar-refractivity contribution is -0.116. The van der Waals surface area contributed by atoms with Gasteiger partial charge in [-0.3, -0.25) is 4.79 Å². The molecule has 1 aromatic rings. The number of carbonyl (C=O) groups is 1. The minimum absolute atomic E-state index is 0.0593. The molecule has 0 fully saturated rings. The van der Waals surface area contributed by atoms with E-state index < -0.39 is 0 Å². The highest BCUT2D eigenvalue weighted by atomic mass is 79.9. The predicted octanol–water partition coefficient (Wildman–Crippen LogP) is 3.28. The van der Waals surface area contributed by atoms with Crippen molar-refractivity contribution < 1.29 is 4.79 Å². The SMILES string of the molecule is CCCCC(=O)Nc1ccc(Br)nc1C. The summed E-state index contributed by atoms with van der Waals surface area (Å²) in [7, 11) is 0. The maximum Gasteiger partial charge on any atom is 0.224 e. The van der Waals surface area contributed by atoms with Crippen molar-refractivity contribution in [3.8, 4) is 0 Å². The number of rotatable bonds is 4. The summed E-state index contributed by atoms with van der Waals surface area (Å²) in [5.41, 5.74) is 1.62. The van der Waals surface area contributed by atoms with Crippen LogP contribution in [0.3, 0.4) is 0 Å². The molecule has 0 aliphatic rings. The third kappa shape index (κ3) is 4.00. The first kappa shape index (κ1) is 12.2. The van der Waals surface area contributed by atoms with Gasteiger partial charge in [0.2, 0.25) is 5.91 Å². The van der Waals surface area contributed by atoms with Gasteiger partial charge in [0.05, 0.1) is 11.4 Å². The van der Waals surface area contributed by atoms with Crippen LogP contribution in [0.15, 0.2) is 16.7 Å². The number of carbonyl (C=O) groups excluding carboxylic acids is 1. The lowest BCUT2D eigenvalue weighted by Crippen LogP contribution is -2.12. The summed E-state index contributed by atoms with van der Waals surface area (Å²) in [4.78, 5) is 15.7. The molecule has 1 rings (SSSR count). The quantitative estimate of drug-likeness (QED) is 0.854. The lowest BCUT2D eigenvalue weighted by Gasteiger charge is -2.07. The molecule has 4 heteroatoms. The second kappa shape index (κ2) is 5.85. The fourth-order valence-corrected chi connectivity index (χ4v) is 1.61. The van der Waals surface area contributed by atoms with Crippen molar-refractivity contribution in [3.63, 3.8) is 0 Å². The molecule has 3 nitrogen and oxygen atoms in total. The van der Waals surface area contributed by atoms with E-state index in [0.29, 0.717) is 6.42 Å². The highest BCUT2D eigenvalue weighted by Gasteiger charge is 2.04. The molecule has 0 aliphatic carbocycles. The van der Waals surface area contributed by atoms with Gasteiger partial charge < -0.3 is 5.32 Å². The van der Waals surface area contributed by atoms with E-state index >= 15 is 0 Å². The Bertz CT molecular complexity index is 352. The number of hydrogen-bond donors (Lipinski definition) is 1. The third-order valence-corrected chi connectivity index (χ3v) is 2.52. The van der Waals surface area contributed by atoms with E-state index in [1.54, 1.807) is 0 Å². The molecule has 0 unspecified atom stereocenters. The molecule has 1 heterocycles. The summed E-state index contributed by atoms with van der Waals surface area (Å²) in [6.45, 7) is 3.94. The van der Waals surface area contributed by atoms with Crippen molar-refractivity contribution in [2.75, 3.05) is 5.32 Å². The Hall–Kier alpha value is -0.900. The molecule has 0 aromatic carbocycles. The fraction of sp³-hybridized carbons (Fsp3) is 0.455. The third-order valence-electron chi connectivity index (χ3n) is 2.08. The minimum atomic E-state index is 0.0593. The highest BCUT2D eigenvalue weighted by molar-refractivity contribution is 9.10. The van der Waals surface area contributed by atoms with Crippen LogP contribution in [-0.2, 0) is 4.79 Å². The van der Waals surface area contributed by atoms with Gasteiger partial charge >= 0.3 is 0 Å². The number of amides is 1. The minimum Gasteiger partial charge on any atom is -0.325 e. The van der Waals surface area contributed by atoms with Crippen molar-refractivity contribution in [2.45, 2.75) is 33.1 Å². The zero-order valence-corrected chi connectivity index (χ0v) is 10.6. The summed E-state index contributed by atoms with van der Waals surface area (Å²) < 4.78 is 0.784. The van der Waals surface area contributed by atoms with Crippen LogP contribution in [0.25, 0.3) is 0 Å². The molecule has 82 valence electrons. The molecular weight excluding hydrogens is 256 g/mol. The van der Waals surface area contributed by atoms with Gasteiger partial charge in [0.15, 0.2) is 0 Å². The molecule has 1 aromatic heterocycles. The van der Waals surface area contributed by atoms with Crippen LogP contribution in [0.4, 0.5) is 5.69 Å². The van der Waals surface area contributed by atoms with Crippen LogP contribution in [-0.4, -0.2) is 10.9 Å². The molecule has 0 saturated heterocycles. The van der Waals surface area contributed by atoms with E-state index in [9.17, 15) is 4.79 Å². The van der Waals surface area contributed by atoms with Crippen LogP contribution in [0.1, 0.15) is 31.9 Å². The summed E-state index contributed by atoms with van der Waals surface area (Å²) in [5.74, 6) is 0.0593. The number of unbranched alkanes of at least 4 members (excludes halogenated alkanes) is 1. The lowest BCUT2D eigenvalue weighted by atomic mass is 10.2. The summed E-state index contributed by atoms with van der Waals surface area (Å²) in [6.07, 6.45) is 2.53. The first-order chi connectivity index (χ1) is 7.13. The number of nitrogens with one attached hydrogen (secondary N) is 1. The van der Waals surface area contributed by atoms with Crippen molar-refractivity contribution in [1.29, 1.82) is 0 Å². The summed E-state index contributed by atoms with van der Waals surface area (Å²) in [6, 6.07) is 3.68. The Labute approximate surface area is 98.4 Å². The van der Waals surface area contributed by atoms with Crippen molar-refractivity contribution in [3.05, 3.63) is 22.4 Å². The fourth-order valence-electron chi connectivity index (χ4n) is 1.21. The van der Waals surface area contributed by atoms with E-state index in [2.05, 4.69) is 33.2 Å². The Balaban J connectivity index is 2.60. The molecule has 0 atom stereocenters. The van der Waals surface area contributed by atoms with E-state index in [4.69, 9.17) is 0 Å². The van der Waals surface area contributed by atoms with Gasteiger partial charge in [-0.15, -0.1) is 0 Å². The van der Waals surface area contributed by atoms with Gasteiger partial charge in [-0.1, -0.05) is 13.3 Å². The van der Waals surface area contributed by atoms with E-state index in [0.717, 1.165) is 28.8 Å². The summed E-state index contributed by atoms with van der Waals surface area (Å²) >= 11 is 3.28. The molecular formula is C11H15BrN2O. The van der Waals surface area contributed by atoms with Gasteiger partial charge in [-0.25, -0.2) is 4.98 Å². The Morgan fingerprint density at radius 3 is 2.87 bits per heavy atom. The first-order valence-corrected chi connectivity index (χ1v) is 5.85. The van der Waals surface area contributed by atoms with Gasteiger partial charge in [-0.2, -0.15) is 0 Å². The maximum atomic E-state index is 11.5. The Morgan fingerprint density at radius 2 is 2.27 bits per heavy atom. The van der Waals surface area contributed by atoms with Crippen molar-refractivity contribution >= 4 is 27.5 Å². The average molecular weight is 271 g/mol. The van der Waals surface area contributed by atoms with E-state index in [1.807, 2.05) is 19.1 Å². The monoisotopic (exact) mass is 270 g/mol. The molecule has 0 saturated carbocycles. The van der Waals surface area contributed by atoms with Gasteiger partial charge in [-0.05, 0) is 41.4 Å². The normalized spacial score (nSPS) is 10.1. The Morgan fingerprint density at radius 1 is 1.53 bits per heavy atom. The van der Waals surface area contributed by atoms with Gasteiger partial charge in [0.25, 0.3) is 0 Å². The molecule has 1 N–H and O–H groups in total. The van der Waals surface area contributed by atoms with Crippen molar-refractivity contribution in [2.24, 2.45) is 0 Å². The molecule has 0 radical (unpaired) electrons. The molecule has 1 amide bonds. The van der Waals surface area contributed by atoms with E-state index in [1.165, 1.54) is 0 Å². The largest absolute Gasteiger partial charge is 0.325 e. The molecule has 0 aliphatic heterocycles. The number of halogens is 1. The number of aromatic nitrogens is 1. The Kier molecular flexibility index (Phi) is 4.75. The number of nitrogens with zero attached hydrogens (tertiary/aromatic N) is 1.